The van der Waals surface area contributed by atoms with E-state index in [1.54, 1.807) is 7.11 Å². The van der Waals surface area contributed by atoms with Crippen molar-refractivity contribution in [3.05, 3.63) is 0 Å². The number of hydrogen-bond donors (Lipinski definition) is 0. The van der Waals surface area contributed by atoms with Gasteiger partial charge in [-0.3, -0.25) is 0 Å². The Morgan fingerprint density at radius 2 is 2.12 bits per heavy atom. The number of ether oxygens (including phenoxy) is 2. The zero-order valence-electron chi connectivity index (χ0n) is 10.8. The fraction of sp³-hybridized carbons (Fsp3) is 0.917. The highest BCUT2D eigenvalue weighted by Crippen LogP contribution is 2.22. The lowest BCUT2D eigenvalue weighted by molar-refractivity contribution is 0.0201. The zero-order valence-corrected chi connectivity index (χ0v) is 10.8. The van der Waals surface area contributed by atoms with Crippen LogP contribution in [0.25, 0.3) is 0 Å². The van der Waals surface area contributed by atoms with Crippen LogP contribution in [-0.2, 0) is 9.47 Å². The van der Waals surface area contributed by atoms with E-state index in [-0.39, 0.29) is 12.1 Å². The second-order valence-corrected chi connectivity index (χ2v) is 5.25. The van der Waals surface area contributed by atoms with Gasteiger partial charge in [-0.2, -0.15) is 0 Å². The van der Waals surface area contributed by atoms with Crippen LogP contribution < -0.4 is 0 Å². The molecule has 0 aliphatic carbocycles. The molecule has 94 valence electrons. The summed E-state index contributed by atoms with van der Waals surface area (Å²) < 4.78 is 10.4. The number of likely N-dealkylation sites (tertiary alicyclic amines) is 1. The van der Waals surface area contributed by atoms with Crippen LogP contribution >= 0.6 is 0 Å². The molecule has 1 aliphatic heterocycles. The van der Waals surface area contributed by atoms with Crippen LogP contribution in [0.1, 0.15) is 40.0 Å². The number of nitrogens with zero attached hydrogens (tertiary/aromatic N) is 1. The molecule has 0 aromatic rings. The Bertz CT molecular complexity index is 235. The standard InChI is InChI=1S/C12H23NO3/c1-12(2,3)16-11(14)13-8-5-6-10(13)7-9-15-4/h10H,5-9H2,1-4H3. The van der Waals surface area contributed by atoms with Gasteiger partial charge < -0.3 is 14.4 Å². The lowest BCUT2D eigenvalue weighted by atomic mass is 10.1. The van der Waals surface area contributed by atoms with E-state index < -0.39 is 5.60 Å². The van der Waals surface area contributed by atoms with E-state index in [4.69, 9.17) is 9.47 Å². The molecule has 1 atom stereocenters. The van der Waals surface area contributed by atoms with Crippen LogP contribution in [0.3, 0.4) is 0 Å². The third kappa shape index (κ3) is 4.00. The fourth-order valence-electron chi connectivity index (χ4n) is 1.95. The lowest BCUT2D eigenvalue weighted by Crippen LogP contribution is -2.40. The van der Waals surface area contributed by atoms with Gasteiger partial charge in [0.15, 0.2) is 0 Å². The quantitative estimate of drug-likeness (QED) is 0.746. The topological polar surface area (TPSA) is 38.8 Å². The van der Waals surface area contributed by atoms with Crippen molar-refractivity contribution in [3.8, 4) is 0 Å². The van der Waals surface area contributed by atoms with Crippen molar-refractivity contribution in [2.75, 3.05) is 20.3 Å². The summed E-state index contributed by atoms with van der Waals surface area (Å²) in [5, 5.41) is 0. The molecule has 4 heteroatoms. The van der Waals surface area contributed by atoms with Crippen molar-refractivity contribution in [2.45, 2.75) is 51.7 Å². The number of methoxy groups -OCH3 is 1. The number of amides is 1. The van der Waals surface area contributed by atoms with Crippen molar-refractivity contribution in [3.63, 3.8) is 0 Å². The second kappa shape index (κ2) is 5.53. The van der Waals surface area contributed by atoms with E-state index in [1.165, 1.54) is 0 Å². The largest absolute Gasteiger partial charge is 0.444 e. The molecule has 1 amide bonds. The normalized spacial score (nSPS) is 21.2. The minimum Gasteiger partial charge on any atom is -0.444 e. The van der Waals surface area contributed by atoms with Gasteiger partial charge in [0.25, 0.3) is 0 Å². The molecule has 0 N–H and O–H groups in total. The summed E-state index contributed by atoms with van der Waals surface area (Å²) in [6, 6.07) is 0.287. The summed E-state index contributed by atoms with van der Waals surface area (Å²) in [6.45, 7) is 7.19. The first-order valence-electron chi connectivity index (χ1n) is 5.92. The van der Waals surface area contributed by atoms with Crippen LogP contribution in [0.5, 0.6) is 0 Å². The molecule has 16 heavy (non-hydrogen) atoms. The van der Waals surface area contributed by atoms with Gasteiger partial charge in [-0.1, -0.05) is 0 Å². The highest BCUT2D eigenvalue weighted by Gasteiger charge is 2.31. The molecule has 0 bridgehead atoms. The first-order chi connectivity index (χ1) is 7.44. The summed E-state index contributed by atoms with van der Waals surface area (Å²) in [7, 11) is 1.69. The number of carbonyl (C=O) groups is 1. The fourth-order valence-corrected chi connectivity index (χ4v) is 1.95. The molecule has 1 heterocycles. The van der Waals surface area contributed by atoms with Crippen LogP contribution in [0.15, 0.2) is 0 Å². The molecular weight excluding hydrogens is 206 g/mol. The maximum atomic E-state index is 11.9. The van der Waals surface area contributed by atoms with Gasteiger partial charge in [0.1, 0.15) is 5.60 Å². The molecule has 1 aliphatic rings. The number of hydrogen-bond acceptors (Lipinski definition) is 3. The molecular formula is C12H23NO3. The third-order valence-electron chi connectivity index (χ3n) is 2.66. The van der Waals surface area contributed by atoms with E-state index in [2.05, 4.69) is 0 Å². The van der Waals surface area contributed by atoms with Crippen molar-refractivity contribution < 1.29 is 14.3 Å². The van der Waals surface area contributed by atoms with Crippen molar-refractivity contribution in [1.29, 1.82) is 0 Å². The lowest BCUT2D eigenvalue weighted by Gasteiger charge is -2.28. The molecule has 0 spiro atoms. The van der Waals surface area contributed by atoms with E-state index in [0.29, 0.717) is 6.61 Å². The Balaban J connectivity index is 2.47. The van der Waals surface area contributed by atoms with Crippen LogP contribution in [0.2, 0.25) is 0 Å². The van der Waals surface area contributed by atoms with E-state index >= 15 is 0 Å². The Hall–Kier alpha value is -0.770. The van der Waals surface area contributed by atoms with Crippen LogP contribution in [-0.4, -0.2) is 42.9 Å². The first kappa shape index (κ1) is 13.3. The molecule has 1 rings (SSSR count). The Labute approximate surface area is 97.9 Å². The maximum absolute atomic E-state index is 11.9. The predicted octanol–water partition coefficient (Wildman–Crippen LogP) is 2.42. The molecule has 0 radical (unpaired) electrons. The van der Waals surface area contributed by atoms with E-state index in [0.717, 1.165) is 25.8 Å². The summed E-state index contributed by atoms with van der Waals surface area (Å²) in [4.78, 5) is 13.7. The molecule has 0 aromatic carbocycles. The van der Waals surface area contributed by atoms with Crippen LogP contribution in [0.4, 0.5) is 4.79 Å². The Morgan fingerprint density at radius 3 is 2.69 bits per heavy atom. The summed E-state index contributed by atoms with van der Waals surface area (Å²) >= 11 is 0. The van der Waals surface area contributed by atoms with Gasteiger partial charge in [-0.05, 0) is 40.0 Å². The molecule has 1 fully saturated rings. The van der Waals surface area contributed by atoms with Crippen molar-refractivity contribution in [2.24, 2.45) is 0 Å². The highest BCUT2D eigenvalue weighted by atomic mass is 16.6. The van der Waals surface area contributed by atoms with Crippen LogP contribution in [0, 0.1) is 0 Å². The first-order valence-corrected chi connectivity index (χ1v) is 5.92. The Morgan fingerprint density at radius 1 is 1.44 bits per heavy atom. The number of carbonyl (C=O) groups excluding carboxylic acids is 1. The van der Waals surface area contributed by atoms with Gasteiger partial charge in [-0.25, -0.2) is 4.79 Å². The summed E-state index contributed by atoms with van der Waals surface area (Å²) in [6.07, 6.45) is 2.83. The van der Waals surface area contributed by atoms with Gasteiger partial charge >= 0.3 is 6.09 Å². The smallest absolute Gasteiger partial charge is 0.410 e. The van der Waals surface area contributed by atoms with E-state index in [1.807, 2.05) is 25.7 Å². The van der Waals surface area contributed by atoms with Gasteiger partial charge in [-0.15, -0.1) is 0 Å². The highest BCUT2D eigenvalue weighted by molar-refractivity contribution is 5.68. The average Bonchev–Trinajstić information content (AvgIpc) is 2.59. The SMILES string of the molecule is COCCC1CCCN1C(=O)OC(C)(C)C. The summed E-state index contributed by atoms with van der Waals surface area (Å²) in [5.41, 5.74) is -0.411. The zero-order chi connectivity index (χ0) is 12.2. The summed E-state index contributed by atoms with van der Waals surface area (Å²) in [5.74, 6) is 0. The predicted molar refractivity (Wildman–Crippen MR) is 62.5 cm³/mol. The number of rotatable bonds is 3. The second-order valence-electron chi connectivity index (χ2n) is 5.25. The van der Waals surface area contributed by atoms with Gasteiger partial charge in [0, 0.05) is 26.3 Å². The average molecular weight is 229 g/mol. The minimum atomic E-state index is -0.411. The Kier molecular flexibility index (Phi) is 4.59. The van der Waals surface area contributed by atoms with Crippen molar-refractivity contribution in [1.82, 2.24) is 4.90 Å². The van der Waals surface area contributed by atoms with Crippen molar-refractivity contribution >= 4 is 6.09 Å². The van der Waals surface area contributed by atoms with Gasteiger partial charge in [0.05, 0.1) is 0 Å². The molecule has 4 nitrogen and oxygen atoms in total. The van der Waals surface area contributed by atoms with Gasteiger partial charge in [0.2, 0.25) is 0 Å². The molecule has 1 unspecified atom stereocenters. The maximum Gasteiger partial charge on any atom is 0.410 e. The third-order valence-corrected chi connectivity index (χ3v) is 2.66. The minimum absolute atomic E-state index is 0.189. The molecule has 1 saturated heterocycles. The monoisotopic (exact) mass is 229 g/mol. The molecule has 0 aromatic heterocycles. The van der Waals surface area contributed by atoms with E-state index in [9.17, 15) is 4.79 Å². The molecule has 0 saturated carbocycles.